The molecule has 0 saturated carbocycles. The summed E-state index contributed by atoms with van der Waals surface area (Å²) in [5.74, 6) is -0.761. The van der Waals surface area contributed by atoms with E-state index in [1.54, 1.807) is 67.3 Å². The molecular weight excluding hydrogens is 320 g/mol. The fourth-order valence-corrected chi connectivity index (χ4v) is 2.24. The van der Waals surface area contributed by atoms with Crippen LogP contribution >= 0.6 is 0 Å². The van der Waals surface area contributed by atoms with E-state index in [2.05, 4.69) is 0 Å². The van der Waals surface area contributed by atoms with E-state index in [0.29, 0.717) is 35.7 Å². The first-order valence-electron chi connectivity index (χ1n) is 7.94. The summed E-state index contributed by atoms with van der Waals surface area (Å²) in [6.07, 6.45) is 1.17. The molecule has 0 bridgehead atoms. The molecule has 6 nitrogen and oxygen atoms in total. The van der Waals surface area contributed by atoms with Gasteiger partial charge in [-0.15, -0.1) is 0 Å². The molecule has 0 radical (unpaired) electrons. The number of esters is 2. The monoisotopic (exact) mass is 340 g/mol. The molecule has 0 aliphatic heterocycles. The molecule has 2 aromatic carbocycles. The van der Waals surface area contributed by atoms with Gasteiger partial charge in [-0.1, -0.05) is 0 Å². The SMILES string of the molecule is CCOC(=O)c1ccc(N(C=N)c2ccc(C(=O)OCC)cc2)cc1. The van der Waals surface area contributed by atoms with Crippen LogP contribution in [0.15, 0.2) is 48.5 Å². The van der Waals surface area contributed by atoms with Crippen molar-refractivity contribution < 1.29 is 19.1 Å². The first-order valence-corrected chi connectivity index (χ1v) is 7.94. The highest BCUT2D eigenvalue weighted by Gasteiger charge is 2.11. The lowest BCUT2D eigenvalue weighted by Crippen LogP contribution is -2.14. The summed E-state index contributed by atoms with van der Waals surface area (Å²) < 4.78 is 9.91. The van der Waals surface area contributed by atoms with Gasteiger partial charge in [0, 0.05) is 11.4 Å². The van der Waals surface area contributed by atoms with Crippen LogP contribution < -0.4 is 4.90 Å². The third-order valence-electron chi connectivity index (χ3n) is 3.44. The lowest BCUT2D eigenvalue weighted by Gasteiger charge is -2.19. The van der Waals surface area contributed by atoms with Gasteiger partial charge in [0.15, 0.2) is 0 Å². The Kier molecular flexibility index (Phi) is 6.28. The smallest absolute Gasteiger partial charge is 0.338 e. The van der Waals surface area contributed by atoms with E-state index in [1.807, 2.05) is 0 Å². The van der Waals surface area contributed by atoms with Gasteiger partial charge in [0.2, 0.25) is 0 Å². The Morgan fingerprint density at radius 1 is 0.840 bits per heavy atom. The molecule has 0 amide bonds. The van der Waals surface area contributed by atoms with Crippen LogP contribution in [-0.2, 0) is 9.47 Å². The fourth-order valence-electron chi connectivity index (χ4n) is 2.24. The van der Waals surface area contributed by atoms with Crippen molar-refractivity contribution in [2.24, 2.45) is 0 Å². The highest BCUT2D eigenvalue weighted by Crippen LogP contribution is 2.25. The molecule has 6 heteroatoms. The molecule has 0 aliphatic carbocycles. The minimum atomic E-state index is -0.380. The van der Waals surface area contributed by atoms with E-state index in [1.165, 1.54) is 6.34 Å². The number of carbonyl (C=O) groups is 2. The van der Waals surface area contributed by atoms with Crippen LogP contribution in [0.2, 0.25) is 0 Å². The second-order valence-corrected chi connectivity index (χ2v) is 5.03. The van der Waals surface area contributed by atoms with Gasteiger partial charge in [0.1, 0.15) is 0 Å². The van der Waals surface area contributed by atoms with Crippen molar-refractivity contribution in [3.8, 4) is 0 Å². The predicted octanol–water partition coefficient (Wildman–Crippen LogP) is 3.79. The van der Waals surface area contributed by atoms with Crippen molar-refractivity contribution in [1.82, 2.24) is 0 Å². The maximum Gasteiger partial charge on any atom is 0.338 e. The zero-order valence-electron chi connectivity index (χ0n) is 14.2. The van der Waals surface area contributed by atoms with Crippen LogP contribution in [0.3, 0.4) is 0 Å². The summed E-state index contributed by atoms with van der Waals surface area (Å²) in [7, 11) is 0. The quantitative estimate of drug-likeness (QED) is 0.471. The van der Waals surface area contributed by atoms with Crippen LogP contribution in [0, 0.1) is 5.41 Å². The minimum absolute atomic E-state index is 0.319. The first-order chi connectivity index (χ1) is 12.1. The molecule has 1 N–H and O–H groups in total. The molecular formula is C19H20N2O4. The third kappa shape index (κ3) is 4.44. The van der Waals surface area contributed by atoms with Gasteiger partial charge in [-0.2, -0.15) is 0 Å². The fraction of sp³-hybridized carbons (Fsp3) is 0.211. The van der Waals surface area contributed by atoms with E-state index in [0.717, 1.165) is 0 Å². The van der Waals surface area contributed by atoms with E-state index in [-0.39, 0.29) is 11.9 Å². The molecule has 0 atom stereocenters. The molecule has 0 aliphatic rings. The van der Waals surface area contributed by atoms with Crippen molar-refractivity contribution in [3.63, 3.8) is 0 Å². The zero-order chi connectivity index (χ0) is 18.2. The van der Waals surface area contributed by atoms with E-state index < -0.39 is 0 Å². The van der Waals surface area contributed by atoms with Gasteiger partial charge in [-0.3, -0.25) is 5.41 Å². The molecule has 130 valence electrons. The third-order valence-corrected chi connectivity index (χ3v) is 3.44. The van der Waals surface area contributed by atoms with Crippen molar-refractivity contribution in [1.29, 1.82) is 5.41 Å². The number of hydrogen-bond acceptors (Lipinski definition) is 5. The molecule has 0 unspecified atom stereocenters. The molecule has 2 aromatic rings. The molecule has 0 aromatic heterocycles. The maximum atomic E-state index is 11.7. The lowest BCUT2D eigenvalue weighted by molar-refractivity contribution is 0.0517. The van der Waals surface area contributed by atoms with Crippen LogP contribution in [0.25, 0.3) is 0 Å². The Morgan fingerprint density at radius 3 is 1.48 bits per heavy atom. The van der Waals surface area contributed by atoms with Crippen molar-refractivity contribution in [3.05, 3.63) is 59.7 Å². The number of hydrogen-bond donors (Lipinski definition) is 1. The number of nitrogens with one attached hydrogen (secondary N) is 1. The summed E-state index contributed by atoms with van der Waals surface area (Å²) in [4.78, 5) is 25.0. The van der Waals surface area contributed by atoms with Crippen molar-refractivity contribution >= 4 is 29.7 Å². The number of carbonyl (C=O) groups excluding carboxylic acids is 2. The number of rotatable bonds is 7. The minimum Gasteiger partial charge on any atom is -0.462 e. The van der Waals surface area contributed by atoms with E-state index in [4.69, 9.17) is 14.9 Å². The summed E-state index contributed by atoms with van der Waals surface area (Å²) in [5.41, 5.74) is 2.33. The first kappa shape index (κ1) is 18.2. The average Bonchev–Trinajstić information content (AvgIpc) is 2.64. The van der Waals surface area contributed by atoms with Gasteiger partial charge >= 0.3 is 11.9 Å². The lowest BCUT2D eigenvalue weighted by atomic mass is 10.1. The largest absolute Gasteiger partial charge is 0.462 e. The van der Waals surface area contributed by atoms with E-state index in [9.17, 15) is 9.59 Å². The zero-order valence-corrected chi connectivity index (χ0v) is 14.2. The Labute approximate surface area is 146 Å². The van der Waals surface area contributed by atoms with Gasteiger partial charge in [0.25, 0.3) is 0 Å². The molecule has 0 heterocycles. The molecule has 0 fully saturated rings. The van der Waals surface area contributed by atoms with Crippen molar-refractivity contribution in [2.45, 2.75) is 13.8 Å². The highest BCUT2D eigenvalue weighted by molar-refractivity contribution is 5.93. The van der Waals surface area contributed by atoms with Gasteiger partial charge < -0.3 is 14.4 Å². The second kappa shape index (κ2) is 8.63. The standard InChI is InChI=1S/C19H20N2O4/c1-3-24-18(22)14-5-9-16(10-6-14)21(13-20)17-11-7-15(8-12-17)19(23)25-4-2/h5-13,20H,3-4H2,1-2H3. The topological polar surface area (TPSA) is 79.7 Å². The summed E-state index contributed by atoms with van der Waals surface area (Å²) in [5, 5.41) is 7.66. The Hall–Kier alpha value is -3.15. The van der Waals surface area contributed by atoms with E-state index >= 15 is 0 Å². The average molecular weight is 340 g/mol. The normalized spacial score (nSPS) is 10.0. The van der Waals surface area contributed by atoms with Crippen molar-refractivity contribution in [2.75, 3.05) is 18.1 Å². The highest BCUT2D eigenvalue weighted by atomic mass is 16.5. The molecule has 25 heavy (non-hydrogen) atoms. The Bertz CT molecular complexity index is 678. The Morgan fingerprint density at radius 2 is 1.20 bits per heavy atom. The number of nitrogens with zero attached hydrogens (tertiary/aromatic N) is 1. The number of anilines is 2. The van der Waals surface area contributed by atoms with Crippen LogP contribution in [0.5, 0.6) is 0 Å². The molecule has 0 spiro atoms. The molecule has 0 saturated heterocycles. The van der Waals surface area contributed by atoms with Crippen LogP contribution in [0.4, 0.5) is 11.4 Å². The van der Waals surface area contributed by atoms with Crippen LogP contribution in [-0.4, -0.2) is 31.5 Å². The summed E-state index contributed by atoms with van der Waals surface area (Å²) in [6, 6.07) is 13.5. The van der Waals surface area contributed by atoms with Gasteiger partial charge in [0.05, 0.1) is 30.7 Å². The Balaban J connectivity index is 2.20. The summed E-state index contributed by atoms with van der Waals surface area (Å²) in [6.45, 7) is 4.14. The second-order valence-electron chi connectivity index (χ2n) is 5.03. The predicted molar refractivity (Wildman–Crippen MR) is 95.7 cm³/mol. The van der Waals surface area contributed by atoms with Crippen LogP contribution in [0.1, 0.15) is 34.6 Å². The summed E-state index contributed by atoms with van der Waals surface area (Å²) >= 11 is 0. The van der Waals surface area contributed by atoms with Gasteiger partial charge in [-0.25, -0.2) is 9.59 Å². The maximum absolute atomic E-state index is 11.7. The molecule has 2 rings (SSSR count). The van der Waals surface area contributed by atoms with Gasteiger partial charge in [-0.05, 0) is 62.4 Å². The number of benzene rings is 2. The number of ether oxygens (including phenoxy) is 2.